The zero-order chi connectivity index (χ0) is 14.0. The van der Waals surface area contributed by atoms with E-state index in [1.807, 2.05) is 0 Å². The molecule has 2 N–H and O–H groups in total. The summed E-state index contributed by atoms with van der Waals surface area (Å²) in [5.41, 5.74) is -0.668. The highest BCUT2D eigenvalue weighted by atomic mass is 79.9. The minimum atomic E-state index is -4.42. The first kappa shape index (κ1) is 14.3. The van der Waals surface area contributed by atoms with Crippen molar-refractivity contribution in [3.63, 3.8) is 0 Å². The molecular formula is C12H12BrF3N2O. The molecule has 3 nitrogen and oxygen atoms in total. The first-order chi connectivity index (χ1) is 8.86. The lowest BCUT2D eigenvalue weighted by atomic mass is 10.2. The maximum Gasteiger partial charge on any atom is 0.416 e. The van der Waals surface area contributed by atoms with E-state index < -0.39 is 11.7 Å². The molecule has 104 valence electrons. The Labute approximate surface area is 116 Å². The molecule has 0 heterocycles. The monoisotopic (exact) mass is 336 g/mol. The van der Waals surface area contributed by atoms with E-state index in [4.69, 9.17) is 0 Å². The Morgan fingerprint density at radius 3 is 2.63 bits per heavy atom. The second kappa shape index (κ2) is 5.50. The molecule has 1 saturated carbocycles. The van der Waals surface area contributed by atoms with Crippen LogP contribution >= 0.6 is 15.9 Å². The molecule has 0 unspecified atom stereocenters. The van der Waals surface area contributed by atoms with Gasteiger partial charge in [0.1, 0.15) is 0 Å². The largest absolute Gasteiger partial charge is 0.416 e. The number of rotatable bonds is 4. The summed E-state index contributed by atoms with van der Waals surface area (Å²) in [4.78, 5) is 11.6. The van der Waals surface area contributed by atoms with Crippen molar-refractivity contribution in [1.82, 2.24) is 5.32 Å². The molecular weight excluding hydrogens is 325 g/mol. The summed E-state index contributed by atoms with van der Waals surface area (Å²) in [5.74, 6) is -0.355. The Morgan fingerprint density at radius 1 is 1.37 bits per heavy atom. The molecule has 0 saturated heterocycles. The van der Waals surface area contributed by atoms with Crippen LogP contribution in [0.1, 0.15) is 18.4 Å². The zero-order valence-electron chi connectivity index (χ0n) is 9.85. The lowest BCUT2D eigenvalue weighted by molar-refractivity contribution is -0.137. The van der Waals surface area contributed by atoms with E-state index in [1.165, 1.54) is 6.07 Å². The summed E-state index contributed by atoms with van der Waals surface area (Å²) >= 11 is 3.12. The van der Waals surface area contributed by atoms with Crippen molar-refractivity contribution in [2.45, 2.75) is 25.1 Å². The summed E-state index contributed by atoms with van der Waals surface area (Å²) < 4.78 is 38.1. The Bertz CT molecular complexity index is 486. The van der Waals surface area contributed by atoms with Gasteiger partial charge in [0.05, 0.1) is 17.8 Å². The predicted octanol–water partition coefficient (Wildman–Crippen LogP) is 3.16. The van der Waals surface area contributed by atoms with Gasteiger partial charge in [-0.05, 0) is 47.0 Å². The fourth-order valence-electron chi connectivity index (χ4n) is 1.52. The second-order valence-electron chi connectivity index (χ2n) is 4.40. The lowest BCUT2D eigenvalue weighted by Crippen LogP contribution is -2.29. The number of carbonyl (C=O) groups is 1. The Hall–Kier alpha value is -1.08. The number of benzene rings is 1. The van der Waals surface area contributed by atoms with Gasteiger partial charge in [0.15, 0.2) is 0 Å². The molecule has 0 radical (unpaired) electrons. The lowest BCUT2D eigenvalue weighted by Gasteiger charge is -2.12. The zero-order valence-corrected chi connectivity index (χ0v) is 11.4. The number of amides is 1. The van der Waals surface area contributed by atoms with E-state index in [0.717, 1.165) is 25.0 Å². The molecule has 7 heteroatoms. The van der Waals surface area contributed by atoms with E-state index in [2.05, 4.69) is 26.6 Å². The SMILES string of the molecule is O=C(CNC1CC1)Nc1cc(C(F)(F)F)ccc1Br. The third-order valence-corrected chi connectivity index (χ3v) is 3.39. The van der Waals surface area contributed by atoms with Gasteiger partial charge >= 0.3 is 6.18 Å². The molecule has 1 aliphatic carbocycles. The van der Waals surface area contributed by atoms with Crippen LogP contribution in [0, 0.1) is 0 Å². The average molecular weight is 337 g/mol. The minimum Gasteiger partial charge on any atom is -0.324 e. The van der Waals surface area contributed by atoms with E-state index in [1.54, 1.807) is 0 Å². The second-order valence-corrected chi connectivity index (χ2v) is 5.25. The molecule has 19 heavy (non-hydrogen) atoms. The quantitative estimate of drug-likeness (QED) is 0.886. The Morgan fingerprint density at radius 2 is 2.05 bits per heavy atom. The van der Waals surface area contributed by atoms with Crippen LogP contribution in [-0.4, -0.2) is 18.5 Å². The third-order valence-electron chi connectivity index (χ3n) is 2.70. The topological polar surface area (TPSA) is 41.1 Å². The van der Waals surface area contributed by atoms with Crippen molar-refractivity contribution in [2.24, 2.45) is 0 Å². The molecule has 1 aromatic rings. The van der Waals surface area contributed by atoms with Gasteiger partial charge in [-0.1, -0.05) is 0 Å². The number of nitrogens with one attached hydrogen (secondary N) is 2. The van der Waals surface area contributed by atoms with Gasteiger partial charge in [-0.3, -0.25) is 4.79 Å². The van der Waals surface area contributed by atoms with Crippen molar-refractivity contribution in [1.29, 1.82) is 0 Å². The highest BCUT2D eigenvalue weighted by molar-refractivity contribution is 9.10. The van der Waals surface area contributed by atoms with Crippen molar-refractivity contribution < 1.29 is 18.0 Å². The molecule has 0 spiro atoms. The van der Waals surface area contributed by atoms with E-state index >= 15 is 0 Å². The summed E-state index contributed by atoms with van der Waals surface area (Å²) in [6, 6.07) is 3.52. The number of anilines is 1. The summed E-state index contributed by atoms with van der Waals surface area (Å²) in [6.07, 6.45) is -2.34. The highest BCUT2D eigenvalue weighted by Gasteiger charge is 2.31. The molecule has 1 amide bonds. The van der Waals surface area contributed by atoms with Gasteiger partial charge in [0, 0.05) is 10.5 Å². The molecule has 1 fully saturated rings. The predicted molar refractivity (Wildman–Crippen MR) is 68.8 cm³/mol. The van der Waals surface area contributed by atoms with Gasteiger partial charge in [-0.2, -0.15) is 13.2 Å². The first-order valence-electron chi connectivity index (χ1n) is 5.76. The molecule has 1 aliphatic rings. The number of carbonyl (C=O) groups excluding carboxylic acids is 1. The Kier molecular flexibility index (Phi) is 4.15. The van der Waals surface area contributed by atoms with Crippen LogP contribution in [0.5, 0.6) is 0 Å². The summed E-state index contributed by atoms with van der Waals surface area (Å²) in [5, 5.41) is 5.45. The van der Waals surface area contributed by atoms with Crippen LogP contribution in [0.2, 0.25) is 0 Å². The summed E-state index contributed by atoms with van der Waals surface area (Å²) in [6.45, 7) is 0.105. The van der Waals surface area contributed by atoms with Gasteiger partial charge in [0.25, 0.3) is 0 Å². The Balaban J connectivity index is 2.03. The third kappa shape index (κ3) is 4.21. The van der Waals surface area contributed by atoms with Crippen LogP contribution in [0.3, 0.4) is 0 Å². The number of halogens is 4. The summed E-state index contributed by atoms with van der Waals surface area (Å²) in [7, 11) is 0. The molecule has 1 aromatic carbocycles. The highest BCUT2D eigenvalue weighted by Crippen LogP contribution is 2.33. The van der Waals surface area contributed by atoms with Crippen molar-refractivity contribution >= 4 is 27.5 Å². The fourth-order valence-corrected chi connectivity index (χ4v) is 1.86. The molecule has 0 aliphatic heterocycles. The number of hydrogen-bond donors (Lipinski definition) is 2. The van der Waals surface area contributed by atoms with Gasteiger partial charge in [-0.25, -0.2) is 0 Å². The van der Waals surface area contributed by atoms with Gasteiger partial charge in [-0.15, -0.1) is 0 Å². The average Bonchev–Trinajstić information content (AvgIpc) is 3.12. The van der Waals surface area contributed by atoms with Gasteiger partial charge < -0.3 is 10.6 Å². The molecule has 0 aromatic heterocycles. The van der Waals surface area contributed by atoms with Crippen molar-refractivity contribution in [2.75, 3.05) is 11.9 Å². The number of alkyl halides is 3. The first-order valence-corrected chi connectivity index (χ1v) is 6.55. The molecule has 0 bridgehead atoms. The molecule has 2 rings (SSSR count). The smallest absolute Gasteiger partial charge is 0.324 e. The fraction of sp³-hybridized carbons (Fsp3) is 0.417. The van der Waals surface area contributed by atoms with Crippen molar-refractivity contribution in [3.8, 4) is 0 Å². The maximum absolute atomic E-state index is 12.6. The molecule has 0 atom stereocenters. The van der Waals surface area contributed by atoms with Crippen LogP contribution in [0.25, 0.3) is 0 Å². The standard InChI is InChI=1S/C12H12BrF3N2O/c13-9-4-1-7(12(14,15)16)5-10(9)18-11(19)6-17-8-2-3-8/h1,4-5,8,17H,2-3,6H2,(H,18,19). The van der Waals surface area contributed by atoms with Crippen LogP contribution in [-0.2, 0) is 11.0 Å². The van der Waals surface area contributed by atoms with Crippen molar-refractivity contribution in [3.05, 3.63) is 28.2 Å². The van der Waals surface area contributed by atoms with E-state index in [0.29, 0.717) is 10.5 Å². The minimum absolute atomic E-state index is 0.105. The number of hydrogen-bond acceptors (Lipinski definition) is 2. The van der Waals surface area contributed by atoms with Crippen LogP contribution < -0.4 is 10.6 Å². The van der Waals surface area contributed by atoms with E-state index in [9.17, 15) is 18.0 Å². The van der Waals surface area contributed by atoms with Gasteiger partial charge in [0.2, 0.25) is 5.91 Å². The van der Waals surface area contributed by atoms with Crippen LogP contribution in [0.4, 0.5) is 18.9 Å². The maximum atomic E-state index is 12.6. The normalized spacial score (nSPS) is 15.4. The van der Waals surface area contributed by atoms with E-state index in [-0.39, 0.29) is 18.1 Å². The van der Waals surface area contributed by atoms with Crippen LogP contribution in [0.15, 0.2) is 22.7 Å².